The van der Waals surface area contributed by atoms with E-state index in [2.05, 4.69) is 43.8 Å². The van der Waals surface area contributed by atoms with Crippen LogP contribution in [0.15, 0.2) is 46.7 Å². The van der Waals surface area contributed by atoms with Crippen molar-refractivity contribution in [1.29, 1.82) is 0 Å². The van der Waals surface area contributed by atoms with Gasteiger partial charge in [-0.2, -0.15) is 5.10 Å². The Morgan fingerprint density at radius 3 is 2.48 bits per heavy atom. The number of nitrogens with one attached hydrogen (secondary N) is 3. The van der Waals surface area contributed by atoms with Crippen molar-refractivity contribution in [2.45, 2.75) is 26.8 Å². The molecule has 0 radical (unpaired) electrons. The standard InChI is InChI=1S/C27H31IN4O8/c1-6-38-25-17(10-18(28)12-21(25)37-5)13-29-32-22(33)14-40-19-9-8-16(11-20(19)36-4)24-23(26(34)39-7-2)15(3)30-27(35)31-24/h8-13,24H,6-7,14H2,1-5H3,(H,32,33)(H2,30,31,35)/b29-13+/t24-/m0/s1. The van der Waals surface area contributed by atoms with Crippen LogP contribution in [-0.4, -0.2) is 58.2 Å². The summed E-state index contributed by atoms with van der Waals surface area (Å²) in [5.74, 6) is 0.604. The molecule has 3 amide bonds. The summed E-state index contributed by atoms with van der Waals surface area (Å²) in [4.78, 5) is 37.1. The number of allylic oxidation sites excluding steroid dienone is 1. The molecule has 3 rings (SSSR count). The average Bonchev–Trinajstić information content (AvgIpc) is 2.92. The Labute approximate surface area is 245 Å². The summed E-state index contributed by atoms with van der Waals surface area (Å²) in [7, 11) is 2.99. The molecular formula is C27H31IN4O8. The first kappa shape index (κ1) is 30.5. The number of hydrogen-bond acceptors (Lipinski definition) is 9. The SMILES string of the molecule is CCOC(=O)C1=C(C)NC(=O)N[C@H]1c1ccc(OCC(=O)N/N=C/c2cc(I)cc(OC)c2OCC)c(OC)c1. The molecule has 2 aromatic carbocycles. The zero-order valence-corrected chi connectivity index (χ0v) is 24.9. The third-order valence-corrected chi connectivity index (χ3v) is 6.22. The van der Waals surface area contributed by atoms with Crippen LogP contribution in [0, 0.1) is 3.57 Å². The molecule has 40 heavy (non-hydrogen) atoms. The highest BCUT2D eigenvalue weighted by Gasteiger charge is 2.32. The van der Waals surface area contributed by atoms with Gasteiger partial charge in [0.05, 0.1) is 45.3 Å². The molecule has 0 spiro atoms. The second kappa shape index (κ2) is 14.4. The van der Waals surface area contributed by atoms with Crippen molar-refractivity contribution in [1.82, 2.24) is 16.1 Å². The summed E-state index contributed by atoms with van der Waals surface area (Å²) < 4.78 is 28.2. The summed E-state index contributed by atoms with van der Waals surface area (Å²) in [6, 6.07) is 7.33. The number of nitrogens with zero attached hydrogens (tertiary/aromatic N) is 1. The molecule has 0 aromatic heterocycles. The normalized spacial score (nSPS) is 14.8. The molecule has 13 heteroatoms. The van der Waals surface area contributed by atoms with Crippen LogP contribution in [-0.2, 0) is 14.3 Å². The number of hydrogen-bond donors (Lipinski definition) is 3. The van der Waals surface area contributed by atoms with Crippen LogP contribution in [0.1, 0.15) is 37.9 Å². The molecule has 1 aliphatic rings. The number of methoxy groups -OCH3 is 2. The Morgan fingerprint density at radius 1 is 1.05 bits per heavy atom. The van der Waals surface area contributed by atoms with Crippen LogP contribution < -0.4 is 35.0 Å². The maximum absolute atomic E-state index is 12.6. The van der Waals surface area contributed by atoms with Crippen LogP contribution in [0.5, 0.6) is 23.0 Å². The fourth-order valence-electron chi connectivity index (χ4n) is 3.89. The van der Waals surface area contributed by atoms with Crippen molar-refractivity contribution in [2.75, 3.05) is 34.0 Å². The molecule has 214 valence electrons. The largest absolute Gasteiger partial charge is 0.493 e. The van der Waals surface area contributed by atoms with Crippen LogP contribution in [0.4, 0.5) is 4.79 Å². The van der Waals surface area contributed by atoms with Crippen LogP contribution in [0.3, 0.4) is 0 Å². The monoisotopic (exact) mass is 666 g/mol. The van der Waals surface area contributed by atoms with Crippen LogP contribution in [0.25, 0.3) is 0 Å². The molecule has 0 saturated carbocycles. The molecular weight excluding hydrogens is 635 g/mol. The number of esters is 1. The van der Waals surface area contributed by atoms with E-state index in [9.17, 15) is 14.4 Å². The van der Waals surface area contributed by atoms with Gasteiger partial charge in [-0.3, -0.25) is 4.79 Å². The van der Waals surface area contributed by atoms with Crippen molar-refractivity contribution in [2.24, 2.45) is 5.10 Å². The van der Waals surface area contributed by atoms with Crippen molar-refractivity contribution >= 4 is 46.7 Å². The summed E-state index contributed by atoms with van der Waals surface area (Å²) in [5.41, 5.74) is 4.29. The van der Waals surface area contributed by atoms with Gasteiger partial charge in [-0.15, -0.1) is 0 Å². The lowest BCUT2D eigenvalue weighted by atomic mass is 9.95. The van der Waals surface area contributed by atoms with E-state index >= 15 is 0 Å². The second-order valence-corrected chi connectivity index (χ2v) is 9.49. The Morgan fingerprint density at radius 2 is 1.80 bits per heavy atom. The van der Waals surface area contributed by atoms with Gasteiger partial charge in [0.25, 0.3) is 5.91 Å². The highest BCUT2D eigenvalue weighted by molar-refractivity contribution is 14.1. The third kappa shape index (κ3) is 7.55. The maximum Gasteiger partial charge on any atom is 0.338 e. The van der Waals surface area contributed by atoms with E-state index in [4.69, 9.17) is 23.7 Å². The summed E-state index contributed by atoms with van der Waals surface area (Å²) in [5, 5.41) is 9.33. The predicted molar refractivity (Wildman–Crippen MR) is 155 cm³/mol. The molecule has 12 nitrogen and oxygen atoms in total. The number of ether oxygens (including phenoxy) is 5. The maximum atomic E-state index is 12.6. The van der Waals surface area contributed by atoms with Gasteiger partial charge in [0.2, 0.25) is 0 Å². The number of benzene rings is 2. The minimum absolute atomic E-state index is 0.186. The Hall–Kier alpha value is -4.01. The summed E-state index contributed by atoms with van der Waals surface area (Å²) in [6.45, 7) is 5.45. The quantitative estimate of drug-likeness (QED) is 0.135. The third-order valence-electron chi connectivity index (χ3n) is 5.59. The first-order valence-corrected chi connectivity index (χ1v) is 13.4. The van der Waals surface area contributed by atoms with E-state index in [1.165, 1.54) is 13.3 Å². The van der Waals surface area contributed by atoms with Gasteiger partial charge in [0.15, 0.2) is 29.6 Å². The summed E-state index contributed by atoms with van der Waals surface area (Å²) >= 11 is 2.15. The lowest BCUT2D eigenvalue weighted by Gasteiger charge is -2.28. The highest BCUT2D eigenvalue weighted by Crippen LogP contribution is 2.35. The average molecular weight is 666 g/mol. The van der Waals surface area contributed by atoms with Crippen molar-refractivity contribution < 1.29 is 38.1 Å². The number of carbonyl (C=O) groups excluding carboxylic acids is 3. The van der Waals surface area contributed by atoms with Gasteiger partial charge in [0, 0.05) is 14.8 Å². The Balaban J connectivity index is 1.71. The molecule has 1 aliphatic heterocycles. The zero-order valence-electron chi connectivity index (χ0n) is 22.8. The van der Waals surface area contributed by atoms with Gasteiger partial charge in [-0.1, -0.05) is 6.07 Å². The van der Waals surface area contributed by atoms with E-state index in [0.717, 1.165) is 3.57 Å². The molecule has 0 aliphatic carbocycles. The predicted octanol–water partition coefficient (Wildman–Crippen LogP) is 3.43. The van der Waals surface area contributed by atoms with Crippen molar-refractivity contribution in [3.8, 4) is 23.0 Å². The van der Waals surface area contributed by atoms with Gasteiger partial charge in [-0.25, -0.2) is 15.0 Å². The smallest absolute Gasteiger partial charge is 0.338 e. The van der Waals surface area contributed by atoms with E-state index in [0.29, 0.717) is 40.7 Å². The molecule has 0 bridgehead atoms. The second-order valence-electron chi connectivity index (χ2n) is 8.24. The van der Waals surface area contributed by atoms with Crippen LogP contribution in [0.2, 0.25) is 0 Å². The number of urea groups is 1. The Kier molecular flexibility index (Phi) is 11.0. The van der Waals surface area contributed by atoms with Gasteiger partial charge in [0.1, 0.15) is 0 Å². The van der Waals surface area contributed by atoms with Gasteiger partial charge in [-0.05, 0) is 73.2 Å². The molecule has 2 aromatic rings. The van der Waals surface area contributed by atoms with E-state index in [1.807, 2.05) is 19.1 Å². The minimum atomic E-state index is -0.769. The highest BCUT2D eigenvalue weighted by atomic mass is 127. The minimum Gasteiger partial charge on any atom is -0.493 e. The number of rotatable bonds is 12. The summed E-state index contributed by atoms with van der Waals surface area (Å²) in [6.07, 6.45) is 1.47. The van der Waals surface area contributed by atoms with Gasteiger partial charge < -0.3 is 34.3 Å². The number of hydrazone groups is 1. The van der Waals surface area contributed by atoms with E-state index in [1.54, 1.807) is 39.2 Å². The number of carbonyl (C=O) groups is 3. The molecule has 1 atom stereocenters. The zero-order chi connectivity index (χ0) is 29.2. The lowest BCUT2D eigenvalue weighted by Crippen LogP contribution is -2.45. The molecule has 0 fully saturated rings. The molecule has 0 unspecified atom stereocenters. The fraction of sp³-hybridized carbons (Fsp3) is 0.333. The lowest BCUT2D eigenvalue weighted by molar-refractivity contribution is -0.139. The number of halogens is 1. The molecule has 1 heterocycles. The topological polar surface area (TPSA) is 146 Å². The van der Waals surface area contributed by atoms with Gasteiger partial charge >= 0.3 is 12.0 Å². The first-order chi connectivity index (χ1) is 19.2. The van der Waals surface area contributed by atoms with E-state index < -0.39 is 23.9 Å². The number of amides is 3. The molecule has 0 saturated heterocycles. The van der Waals surface area contributed by atoms with Crippen LogP contribution >= 0.6 is 22.6 Å². The van der Waals surface area contributed by atoms with E-state index in [-0.39, 0.29) is 24.5 Å². The first-order valence-electron chi connectivity index (χ1n) is 12.3. The Bertz CT molecular complexity index is 1330. The van der Waals surface area contributed by atoms with Crippen molar-refractivity contribution in [3.63, 3.8) is 0 Å². The fourth-order valence-corrected chi connectivity index (χ4v) is 4.51. The molecule has 3 N–H and O–H groups in total. The van der Waals surface area contributed by atoms with Crippen molar-refractivity contribution in [3.05, 3.63) is 56.3 Å².